The number of amides is 2. The number of nitrogens with zero attached hydrogens (tertiary/aromatic N) is 2. The molecule has 3 rings (SSSR count). The first kappa shape index (κ1) is 17.8. The molecule has 0 aromatic heterocycles. The van der Waals surface area contributed by atoms with Crippen molar-refractivity contribution in [2.24, 2.45) is 0 Å². The van der Waals surface area contributed by atoms with Crippen molar-refractivity contribution in [2.75, 3.05) is 30.3 Å². The predicted octanol–water partition coefficient (Wildman–Crippen LogP) is 2.60. The fourth-order valence-electron chi connectivity index (χ4n) is 3.10. The predicted molar refractivity (Wildman–Crippen MR) is 101 cm³/mol. The number of nitrogen functional groups attached to an aromatic ring is 1. The summed E-state index contributed by atoms with van der Waals surface area (Å²) in [5, 5.41) is 0. The Bertz CT molecular complexity index is 803. The highest BCUT2D eigenvalue weighted by molar-refractivity contribution is 6.04. The zero-order chi connectivity index (χ0) is 18.7. The average Bonchev–Trinajstić information content (AvgIpc) is 2.65. The first-order chi connectivity index (χ1) is 12.5. The minimum Gasteiger partial charge on any atom is -0.474 e. The van der Waals surface area contributed by atoms with Crippen molar-refractivity contribution in [3.05, 3.63) is 54.1 Å². The lowest BCUT2D eigenvalue weighted by atomic mass is 10.0. The molecule has 1 heterocycles. The van der Waals surface area contributed by atoms with Crippen LogP contribution >= 0.6 is 0 Å². The van der Waals surface area contributed by atoms with E-state index < -0.39 is 6.10 Å². The van der Waals surface area contributed by atoms with E-state index in [1.165, 1.54) is 4.90 Å². The van der Waals surface area contributed by atoms with Crippen LogP contribution in [0.3, 0.4) is 0 Å². The van der Waals surface area contributed by atoms with Gasteiger partial charge < -0.3 is 15.4 Å². The molecule has 0 spiro atoms. The van der Waals surface area contributed by atoms with Crippen LogP contribution in [0.1, 0.15) is 25.5 Å². The van der Waals surface area contributed by atoms with E-state index in [1.807, 2.05) is 44.2 Å². The van der Waals surface area contributed by atoms with Crippen LogP contribution in [-0.2, 0) is 9.59 Å². The third kappa shape index (κ3) is 3.35. The number of hydrogen-bond donors (Lipinski definition) is 1. The molecule has 0 saturated carbocycles. The average molecular weight is 353 g/mol. The maximum Gasteiger partial charge on any atom is 0.273 e. The first-order valence-electron chi connectivity index (χ1n) is 8.75. The van der Waals surface area contributed by atoms with Crippen molar-refractivity contribution in [2.45, 2.75) is 20.0 Å². The fourth-order valence-corrected chi connectivity index (χ4v) is 3.10. The van der Waals surface area contributed by atoms with Crippen LogP contribution < -0.4 is 15.4 Å². The fraction of sp³-hybridized carbons (Fsp3) is 0.300. The Kier molecular flexibility index (Phi) is 5.11. The van der Waals surface area contributed by atoms with Crippen LogP contribution in [0.2, 0.25) is 0 Å². The van der Waals surface area contributed by atoms with Crippen molar-refractivity contribution in [3.8, 4) is 5.75 Å². The summed E-state index contributed by atoms with van der Waals surface area (Å²) in [6, 6.07) is 14.4. The van der Waals surface area contributed by atoms with Crippen molar-refractivity contribution in [1.82, 2.24) is 4.90 Å². The quantitative estimate of drug-likeness (QED) is 0.839. The van der Waals surface area contributed by atoms with E-state index >= 15 is 0 Å². The lowest BCUT2D eigenvalue weighted by Crippen LogP contribution is -2.47. The van der Waals surface area contributed by atoms with Crippen molar-refractivity contribution in [3.63, 3.8) is 0 Å². The topological polar surface area (TPSA) is 75.9 Å². The summed E-state index contributed by atoms with van der Waals surface area (Å²) in [5.74, 6) is 0.167. The van der Waals surface area contributed by atoms with Gasteiger partial charge in [0.15, 0.2) is 0 Å². The van der Waals surface area contributed by atoms with Crippen LogP contribution in [0, 0.1) is 0 Å². The first-order valence-corrected chi connectivity index (χ1v) is 8.75. The van der Waals surface area contributed by atoms with Crippen LogP contribution in [0.15, 0.2) is 48.5 Å². The van der Waals surface area contributed by atoms with Gasteiger partial charge >= 0.3 is 0 Å². The van der Waals surface area contributed by atoms with Gasteiger partial charge in [0, 0.05) is 24.3 Å². The van der Waals surface area contributed by atoms with Gasteiger partial charge in [-0.1, -0.05) is 30.3 Å². The molecule has 2 amide bonds. The van der Waals surface area contributed by atoms with Crippen LogP contribution in [0.25, 0.3) is 0 Å². The molecule has 6 nitrogen and oxygen atoms in total. The van der Waals surface area contributed by atoms with Gasteiger partial charge in [-0.3, -0.25) is 14.5 Å². The van der Waals surface area contributed by atoms with Gasteiger partial charge in [0.25, 0.3) is 5.91 Å². The van der Waals surface area contributed by atoms with E-state index in [-0.39, 0.29) is 18.4 Å². The molecule has 136 valence electrons. The van der Waals surface area contributed by atoms with Crippen LogP contribution in [0.4, 0.5) is 11.4 Å². The number of ether oxygens (including phenoxy) is 1. The standard InChI is InChI=1S/C20H23N3O3/c1-3-22(4-2)18(24)13-23-16-12-15(21)10-11-17(16)26-19(20(23)25)14-8-6-5-7-9-14/h5-12,19H,3-4,13,21H2,1-2H3. The number of fused-ring (bicyclic) bond motifs is 1. The van der Waals surface area contributed by atoms with E-state index in [4.69, 9.17) is 10.5 Å². The van der Waals surface area contributed by atoms with Crippen LogP contribution in [-0.4, -0.2) is 36.3 Å². The molecule has 1 aliphatic rings. The molecule has 2 N–H and O–H groups in total. The molecule has 0 radical (unpaired) electrons. The molecule has 2 aromatic rings. The summed E-state index contributed by atoms with van der Waals surface area (Å²) in [7, 11) is 0. The van der Waals surface area contributed by atoms with Crippen molar-refractivity contribution >= 4 is 23.2 Å². The van der Waals surface area contributed by atoms with E-state index in [2.05, 4.69) is 0 Å². The molecule has 0 bridgehead atoms. The number of anilines is 2. The lowest BCUT2D eigenvalue weighted by molar-refractivity contribution is -0.133. The highest BCUT2D eigenvalue weighted by atomic mass is 16.5. The highest BCUT2D eigenvalue weighted by Gasteiger charge is 2.37. The molecule has 26 heavy (non-hydrogen) atoms. The van der Waals surface area contributed by atoms with Gasteiger partial charge in [-0.05, 0) is 32.0 Å². The van der Waals surface area contributed by atoms with E-state index in [9.17, 15) is 9.59 Å². The zero-order valence-electron chi connectivity index (χ0n) is 15.0. The second kappa shape index (κ2) is 7.47. The maximum absolute atomic E-state index is 13.1. The monoisotopic (exact) mass is 353 g/mol. The maximum atomic E-state index is 13.1. The smallest absolute Gasteiger partial charge is 0.273 e. The molecular weight excluding hydrogens is 330 g/mol. The molecule has 0 aliphatic carbocycles. The number of hydrogen-bond acceptors (Lipinski definition) is 4. The molecule has 0 fully saturated rings. The van der Waals surface area contributed by atoms with Crippen molar-refractivity contribution in [1.29, 1.82) is 0 Å². The summed E-state index contributed by atoms with van der Waals surface area (Å²) >= 11 is 0. The third-order valence-corrected chi connectivity index (χ3v) is 4.52. The Morgan fingerprint density at radius 3 is 2.50 bits per heavy atom. The summed E-state index contributed by atoms with van der Waals surface area (Å²) in [6.45, 7) is 4.99. The minimum absolute atomic E-state index is 0.0380. The van der Waals surface area contributed by atoms with Gasteiger partial charge in [0.05, 0.1) is 5.69 Å². The van der Waals surface area contributed by atoms with E-state index in [1.54, 1.807) is 23.1 Å². The number of carbonyl (C=O) groups is 2. The summed E-state index contributed by atoms with van der Waals surface area (Å²) < 4.78 is 5.94. The number of carbonyl (C=O) groups excluding carboxylic acids is 2. The van der Waals surface area contributed by atoms with E-state index in [0.717, 1.165) is 5.56 Å². The van der Waals surface area contributed by atoms with Gasteiger partial charge in [-0.2, -0.15) is 0 Å². The van der Waals surface area contributed by atoms with Crippen molar-refractivity contribution < 1.29 is 14.3 Å². The van der Waals surface area contributed by atoms with Gasteiger partial charge in [0.1, 0.15) is 12.3 Å². The normalized spacial score (nSPS) is 16.0. The second-order valence-electron chi connectivity index (χ2n) is 6.13. The van der Waals surface area contributed by atoms with Crippen LogP contribution in [0.5, 0.6) is 5.75 Å². The Morgan fingerprint density at radius 2 is 1.85 bits per heavy atom. The highest BCUT2D eigenvalue weighted by Crippen LogP contribution is 2.39. The molecule has 1 aliphatic heterocycles. The Labute approximate surface area is 153 Å². The molecule has 1 atom stereocenters. The molecule has 6 heteroatoms. The largest absolute Gasteiger partial charge is 0.474 e. The Balaban J connectivity index is 1.98. The number of rotatable bonds is 5. The zero-order valence-corrected chi connectivity index (χ0v) is 15.0. The SMILES string of the molecule is CCN(CC)C(=O)CN1C(=O)C(c2ccccc2)Oc2ccc(N)cc21. The minimum atomic E-state index is -0.781. The lowest BCUT2D eigenvalue weighted by Gasteiger charge is -2.35. The molecular formula is C20H23N3O3. The summed E-state index contributed by atoms with van der Waals surface area (Å²) in [6.07, 6.45) is -0.781. The second-order valence-corrected chi connectivity index (χ2v) is 6.13. The van der Waals surface area contributed by atoms with Gasteiger partial charge in [0.2, 0.25) is 12.0 Å². The number of likely N-dealkylation sites (N-methyl/N-ethyl adjacent to an activating group) is 1. The van der Waals surface area contributed by atoms with Gasteiger partial charge in [-0.15, -0.1) is 0 Å². The third-order valence-electron chi connectivity index (χ3n) is 4.52. The Hall–Kier alpha value is -3.02. The number of nitrogens with two attached hydrogens (primary N) is 1. The molecule has 2 aromatic carbocycles. The van der Waals surface area contributed by atoms with Gasteiger partial charge in [-0.25, -0.2) is 0 Å². The Morgan fingerprint density at radius 1 is 1.15 bits per heavy atom. The molecule has 0 saturated heterocycles. The summed E-state index contributed by atoms with van der Waals surface area (Å²) in [5.41, 5.74) is 7.68. The van der Waals surface area contributed by atoms with E-state index in [0.29, 0.717) is 30.2 Å². The summed E-state index contributed by atoms with van der Waals surface area (Å²) in [4.78, 5) is 28.9. The molecule has 1 unspecified atom stereocenters. The number of benzene rings is 2.